The van der Waals surface area contributed by atoms with E-state index in [9.17, 15) is 0 Å². The van der Waals surface area contributed by atoms with Crippen molar-refractivity contribution in [2.45, 2.75) is 6.92 Å². The summed E-state index contributed by atoms with van der Waals surface area (Å²) in [6, 6.07) is 5.16. The number of ether oxygens (including phenoxy) is 1. The van der Waals surface area contributed by atoms with Crippen LogP contribution in [0.4, 0.5) is 5.69 Å². The minimum Gasteiger partial charge on any atom is -0.435 e. The molecule has 2 aromatic heterocycles. The molecule has 1 aromatic carbocycles. The smallest absolute Gasteiger partial charge is 0.238 e. The van der Waals surface area contributed by atoms with Gasteiger partial charge < -0.3 is 10.5 Å². The van der Waals surface area contributed by atoms with Crippen molar-refractivity contribution in [3.05, 3.63) is 23.9 Å². The Labute approximate surface area is 95.5 Å². The Hall–Kier alpha value is -2.57. The fourth-order valence-corrected chi connectivity index (χ4v) is 1.50. The molecule has 0 aliphatic carbocycles. The standard InChI is InChI=1S/C10H9N5O2/c1-5-4-8(13-12-5)16-7-3-2-6(11)9-10(7)15-17-14-9/h2-4H,11H2,1H3,(H,12,13). The number of hydrogen-bond donors (Lipinski definition) is 2. The van der Waals surface area contributed by atoms with Crippen LogP contribution in [-0.2, 0) is 0 Å². The molecule has 3 N–H and O–H groups in total. The number of aromatic nitrogens is 4. The predicted molar refractivity (Wildman–Crippen MR) is 59.6 cm³/mol. The van der Waals surface area contributed by atoms with E-state index in [1.165, 1.54) is 0 Å². The summed E-state index contributed by atoms with van der Waals surface area (Å²) in [5.41, 5.74) is 8.09. The van der Waals surface area contributed by atoms with Crippen molar-refractivity contribution in [3.63, 3.8) is 0 Å². The van der Waals surface area contributed by atoms with Crippen LogP contribution in [0.1, 0.15) is 5.69 Å². The van der Waals surface area contributed by atoms with Gasteiger partial charge in [0.05, 0.1) is 5.69 Å². The van der Waals surface area contributed by atoms with E-state index in [4.69, 9.17) is 10.5 Å². The molecule has 0 unspecified atom stereocenters. The molecule has 0 atom stereocenters. The number of nitrogens with zero attached hydrogens (tertiary/aromatic N) is 3. The number of rotatable bonds is 2. The lowest BCUT2D eigenvalue weighted by Gasteiger charge is -2.02. The van der Waals surface area contributed by atoms with Crippen molar-refractivity contribution in [1.82, 2.24) is 20.5 Å². The average Bonchev–Trinajstić information content (AvgIpc) is 2.92. The first-order chi connectivity index (χ1) is 8.24. The predicted octanol–water partition coefficient (Wildman–Crippen LogP) is 1.63. The maximum absolute atomic E-state index is 5.73. The molecule has 0 amide bonds. The number of hydrogen-bond acceptors (Lipinski definition) is 6. The van der Waals surface area contributed by atoms with Gasteiger partial charge in [-0.3, -0.25) is 5.10 Å². The maximum atomic E-state index is 5.73. The summed E-state index contributed by atoms with van der Waals surface area (Å²) in [7, 11) is 0. The van der Waals surface area contributed by atoms with Crippen LogP contribution < -0.4 is 10.5 Å². The molecule has 0 aliphatic rings. The second kappa shape index (κ2) is 3.48. The lowest BCUT2D eigenvalue weighted by atomic mass is 10.2. The number of fused-ring (bicyclic) bond motifs is 1. The van der Waals surface area contributed by atoms with Crippen LogP contribution in [-0.4, -0.2) is 20.5 Å². The van der Waals surface area contributed by atoms with E-state index in [1.807, 2.05) is 6.92 Å². The summed E-state index contributed by atoms with van der Waals surface area (Å²) in [4.78, 5) is 0. The van der Waals surface area contributed by atoms with Gasteiger partial charge in [0.1, 0.15) is 0 Å². The summed E-state index contributed by atoms with van der Waals surface area (Å²) < 4.78 is 10.2. The number of benzene rings is 1. The molecule has 2 heterocycles. The maximum Gasteiger partial charge on any atom is 0.238 e. The van der Waals surface area contributed by atoms with Gasteiger partial charge in [-0.1, -0.05) is 0 Å². The van der Waals surface area contributed by atoms with Crippen LogP contribution in [0.5, 0.6) is 11.6 Å². The number of nitrogen functional groups attached to an aromatic ring is 1. The monoisotopic (exact) mass is 231 g/mol. The number of anilines is 1. The van der Waals surface area contributed by atoms with Gasteiger partial charge in [0.25, 0.3) is 0 Å². The first kappa shape index (κ1) is 9.64. The molecule has 17 heavy (non-hydrogen) atoms. The Morgan fingerprint density at radius 2 is 2.12 bits per heavy atom. The van der Waals surface area contributed by atoms with Crippen molar-refractivity contribution in [2.24, 2.45) is 0 Å². The number of nitrogens with two attached hydrogens (primary N) is 1. The third kappa shape index (κ3) is 1.57. The van der Waals surface area contributed by atoms with Gasteiger partial charge >= 0.3 is 0 Å². The summed E-state index contributed by atoms with van der Waals surface area (Å²) >= 11 is 0. The van der Waals surface area contributed by atoms with Crippen LogP contribution in [0.15, 0.2) is 22.8 Å². The first-order valence-electron chi connectivity index (χ1n) is 4.94. The van der Waals surface area contributed by atoms with Crippen molar-refractivity contribution in [3.8, 4) is 11.6 Å². The Morgan fingerprint density at radius 3 is 2.88 bits per heavy atom. The van der Waals surface area contributed by atoms with E-state index < -0.39 is 0 Å². The molecule has 3 rings (SSSR count). The normalized spacial score (nSPS) is 10.9. The lowest BCUT2D eigenvalue weighted by molar-refractivity contribution is 0.314. The number of aryl methyl sites for hydroxylation is 1. The largest absolute Gasteiger partial charge is 0.435 e. The van der Waals surface area contributed by atoms with Gasteiger partial charge in [0.15, 0.2) is 16.8 Å². The molecule has 0 radical (unpaired) electrons. The van der Waals surface area contributed by atoms with Crippen molar-refractivity contribution in [2.75, 3.05) is 5.73 Å². The van der Waals surface area contributed by atoms with Gasteiger partial charge in [0, 0.05) is 11.8 Å². The van der Waals surface area contributed by atoms with Gasteiger partial charge in [-0.05, 0) is 29.4 Å². The third-order valence-corrected chi connectivity index (χ3v) is 2.31. The number of H-pyrrole nitrogens is 1. The number of aromatic amines is 1. The molecule has 0 bridgehead atoms. The molecular weight excluding hydrogens is 222 g/mol. The van der Waals surface area contributed by atoms with Crippen LogP contribution in [0.25, 0.3) is 11.0 Å². The third-order valence-electron chi connectivity index (χ3n) is 2.31. The molecule has 86 valence electrons. The SMILES string of the molecule is Cc1cc(Oc2ccc(N)c3nonc23)n[nH]1. The van der Waals surface area contributed by atoms with Gasteiger partial charge in [-0.15, -0.1) is 5.10 Å². The van der Waals surface area contributed by atoms with E-state index in [0.29, 0.717) is 28.4 Å². The second-order valence-electron chi connectivity index (χ2n) is 3.61. The Balaban J connectivity index is 2.06. The summed E-state index contributed by atoms with van der Waals surface area (Å²) in [5, 5.41) is 14.2. The van der Waals surface area contributed by atoms with Crippen molar-refractivity contribution >= 4 is 16.7 Å². The first-order valence-corrected chi connectivity index (χ1v) is 4.94. The lowest BCUT2D eigenvalue weighted by Crippen LogP contribution is -1.90. The quantitative estimate of drug-likeness (QED) is 0.649. The van der Waals surface area contributed by atoms with Crippen LogP contribution in [0.2, 0.25) is 0 Å². The molecule has 0 aliphatic heterocycles. The zero-order chi connectivity index (χ0) is 11.8. The average molecular weight is 231 g/mol. The van der Waals surface area contributed by atoms with Crippen molar-refractivity contribution in [1.29, 1.82) is 0 Å². The topological polar surface area (TPSA) is 103 Å². The molecular formula is C10H9N5O2. The van der Waals surface area contributed by atoms with Gasteiger partial charge in [0.2, 0.25) is 5.88 Å². The van der Waals surface area contributed by atoms with Gasteiger partial charge in [-0.25, -0.2) is 4.63 Å². The molecule has 0 spiro atoms. The van der Waals surface area contributed by atoms with E-state index >= 15 is 0 Å². The molecule has 7 heteroatoms. The van der Waals surface area contributed by atoms with Crippen LogP contribution in [0.3, 0.4) is 0 Å². The van der Waals surface area contributed by atoms with E-state index in [1.54, 1.807) is 18.2 Å². The zero-order valence-electron chi connectivity index (χ0n) is 8.97. The Bertz CT molecular complexity index is 672. The van der Waals surface area contributed by atoms with E-state index in [-0.39, 0.29) is 0 Å². The molecule has 0 saturated heterocycles. The summed E-state index contributed by atoms with van der Waals surface area (Å²) in [6.07, 6.45) is 0. The van der Waals surface area contributed by atoms with Crippen LogP contribution in [0, 0.1) is 6.92 Å². The minimum atomic E-state index is 0.455. The Morgan fingerprint density at radius 1 is 1.29 bits per heavy atom. The molecule has 7 nitrogen and oxygen atoms in total. The highest BCUT2D eigenvalue weighted by Crippen LogP contribution is 2.30. The highest BCUT2D eigenvalue weighted by Gasteiger charge is 2.12. The van der Waals surface area contributed by atoms with Crippen molar-refractivity contribution < 1.29 is 9.37 Å². The van der Waals surface area contributed by atoms with E-state index in [0.717, 1.165) is 5.69 Å². The fourth-order valence-electron chi connectivity index (χ4n) is 1.50. The highest BCUT2D eigenvalue weighted by atomic mass is 16.6. The van der Waals surface area contributed by atoms with Crippen LogP contribution >= 0.6 is 0 Å². The molecule has 0 saturated carbocycles. The second-order valence-corrected chi connectivity index (χ2v) is 3.61. The van der Waals surface area contributed by atoms with E-state index in [2.05, 4.69) is 25.1 Å². The number of nitrogens with one attached hydrogen (secondary N) is 1. The minimum absolute atomic E-state index is 0.455. The summed E-state index contributed by atoms with van der Waals surface area (Å²) in [6.45, 7) is 1.89. The molecule has 0 fully saturated rings. The highest BCUT2D eigenvalue weighted by molar-refractivity contribution is 5.90. The zero-order valence-corrected chi connectivity index (χ0v) is 8.97. The summed E-state index contributed by atoms with van der Waals surface area (Å²) in [5.74, 6) is 0.957. The molecule has 3 aromatic rings. The Kier molecular flexibility index (Phi) is 1.97. The van der Waals surface area contributed by atoms with Gasteiger partial charge in [-0.2, -0.15) is 0 Å². The fraction of sp³-hybridized carbons (Fsp3) is 0.100.